The van der Waals surface area contributed by atoms with Gasteiger partial charge >= 0.3 is 18.2 Å². The fourth-order valence-corrected chi connectivity index (χ4v) is 1.89. The fourth-order valence-electron chi connectivity index (χ4n) is 1.89. The first kappa shape index (κ1) is 21.4. The number of carbonyl (C=O) groups excluding carboxylic acids is 3. The zero-order valence-corrected chi connectivity index (χ0v) is 16.5. The molecule has 0 aliphatic heterocycles. The molecule has 0 bridgehead atoms. The molecule has 8 nitrogen and oxygen atoms in total. The number of aryl methyl sites for hydroxylation is 1. The highest BCUT2D eigenvalue weighted by Crippen LogP contribution is 2.24. The third-order valence-corrected chi connectivity index (χ3v) is 2.84. The summed E-state index contributed by atoms with van der Waals surface area (Å²) in [5, 5.41) is 0. The van der Waals surface area contributed by atoms with Crippen LogP contribution in [-0.2, 0) is 14.2 Å². The van der Waals surface area contributed by atoms with Crippen LogP contribution in [0.1, 0.15) is 57.5 Å². The number of nitrogens with zero attached hydrogens (tertiary/aromatic N) is 2. The van der Waals surface area contributed by atoms with E-state index in [1.54, 1.807) is 48.5 Å². The molecule has 8 heteroatoms. The Morgan fingerprint density at radius 2 is 1.42 bits per heavy atom. The number of esters is 1. The van der Waals surface area contributed by atoms with Gasteiger partial charge in [0.1, 0.15) is 11.2 Å². The zero-order valence-electron chi connectivity index (χ0n) is 16.5. The standard InChI is InChI=1S/C18H26N2O6/c1-11-9-12(14(21)24-8)10-19-13(11)20(15(22)25-17(2,3)4)16(23)26-18(5,6)7/h9-10H,1-8H3. The van der Waals surface area contributed by atoms with E-state index in [0.29, 0.717) is 10.5 Å². The molecule has 0 atom stereocenters. The summed E-state index contributed by atoms with van der Waals surface area (Å²) in [6.07, 6.45) is -0.628. The third kappa shape index (κ3) is 6.02. The lowest BCUT2D eigenvalue weighted by atomic mass is 10.2. The molecule has 26 heavy (non-hydrogen) atoms. The maximum absolute atomic E-state index is 12.6. The van der Waals surface area contributed by atoms with Crippen LogP contribution >= 0.6 is 0 Å². The quantitative estimate of drug-likeness (QED) is 0.579. The van der Waals surface area contributed by atoms with E-state index in [-0.39, 0.29) is 11.4 Å². The van der Waals surface area contributed by atoms with Gasteiger partial charge < -0.3 is 14.2 Å². The minimum Gasteiger partial charge on any atom is -0.465 e. The summed E-state index contributed by atoms with van der Waals surface area (Å²) in [5.41, 5.74) is -1.04. The molecule has 1 aromatic heterocycles. The first-order chi connectivity index (χ1) is 11.7. The van der Waals surface area contributed by atoms with Crippen molar-refractivity contribution in [2.45, 2.75) is 59.7 Å². The monoisotopic (exact) mass is 366 g/mol. The molecule has 1 heterocycles. The molecule has 0 radical (unpaired) electrons. The minimum atomic E-state index is -0.923. The van der Waals surface area contributed by atoms with Gasteiger partial charge in [-0.2, -0.15) is 4.90 Å². The van der Waals surface area contributed by atoms with Gasteiger partial charge in [0.25, 0.3) is 0 Å². The Hall–Kier alpha value is -2.64. The average Bonchev–Trinajstić information content (AvgIpc) is 2.44. The van der Waals surface area contributed by atoms with Crippen molar-refractivity contribution < 1.29 is 28.6 Å². The van der Waals surface area contributed by atoms with Gasteiger partial charge in [-0.25, -0.2) is 19.4 Å². The largest absolute Gasteiger partial charge is 0.465 e. The molecule has 144 valence electrons. The Morgan fingerprint density at radius 1 is 0.962 bits per heavy atom. The molecule has 0 N–H and O–H groups in total. The topological polar surface area (TPSA) is 95.0 Å². The van der Waals surface area contributed by atoms with Gasteiger partial charge in [-0.05, 0) is 60.1 Å². The number of methoxy groups -OCH3 is 1. The predicted molar refractivity (Wildman–Crippen MR) is 95.3 cm³/mol. The van der Waals surface area contributed by atoms with Gasteiger partial charge in [0.05, 0.1) is 12.7 Å². The van der Waals surface area contributed by atoms with Crippen molar-refractivity contribution in [1.29, 1.82) is 0 Å². The lowest BCUT2D eigenvalue weighted by Gasteiger charge is -2.28. The fraction of sp³-hybridized carbons (Fsp3) is 0.556. The molecule has 1 aromatic rings. The molecule has 1 rings (SSSR count). The summed E-state index contributed by atoms with van der Waals surface area (Å²) in [6.45, 7) is 11.7. The number of pyridine rings is 1. The van der Waals surface area contributed by atoms with E-state index in [9.17, 15) is 14.4 Å². The van der Waals surface area contributed by atoms with Crippen molar-refractivity contribution in [2.75, 3.05) is 12.0 Å². The van der Waals surface area contributed by atoms with Gasteiger partial charge in [-0.3, -0.25) is 0 Å². The predicted octanol–water partition coefficient (Wildman–Crippen LogP) is 3.85. The van der Waals surface area contributed by atoms with Crippen molar-refractivity contribution >= 4 is 24.0 Å². The second-order valence-corrected chi connectivity index (χ2v) is 7.65. The van der Waals surface area contributed by atoms with Crippen LogP contribution in [0.5, 0.6) is 0 Å². The van der Waals surface area contributed by atoms with Gasteiger partial charge in [-0.15, -0.1) is 0 Å². The van der Waals surface area contributed by atoms with Crippen LogP contribution in [0.2, 0.25) is 0 Å². The third-order valence-electron chi connectivity index (χ3n) is 2.84. The Kier molecular flexibility index (Phi) is 6.35. The normalized spacial score (nSPS) is 11.5. The van der Waals surface area contributed by atoms with Crippen LogP contribution in [-0.4, -0.2) is 41.5 Å². The number of imide groups is 1. The van der Waals surface area contributed by atoms with Crippen molar-refractivity contribution in [2.24, 2.45) is 0 Å². The van der Waals surface area contributed by atoms with Crippen LogP contribution in [0.25, 0.3) is 0 Å². The van der Waals surface area contributed by atoms with E-state index in [1.807, 2.05) is 0 Å². The van der Waals surface area contributed by atoms with Gasteiger partial charge in [0.15, 0.2) is 5.82 Å². The number of anilines is 1. The van der Waals surface area contributed by atoms with Crippen molar-refractivity contribution in [3.63, 3.8) is 0 Å². The van der Waals surface area contributed by atoms with E-state index in [4.69, 9.17) is 9.47 Å². The molecule has 0 aliphatic carbocycles. The summed E-state index contributed by atoms with van der Waals surface area (Å²) in [4.78, 5) is 41.6. The van der Waals surface area contributed by atoms with E-state index in [0.717, 1.165) is 0 Å². The maximum Gasteiger partial charge on any atom is 0.425 e. The number of carbonyl (C=O) groups is 3. The molecule has 0 aliphatic rings. The van der Waals surface area contributed by atoms with Gasteiger partial charge in [-0.1, -0.05) is 0 Å². The van der Waals surface area contributed by atoms with Crippen molar-refractivity contribution in [1.82, 2.24) is 4.98 Å². The molecule has 0 saturated carbocycles. The van der Waals surface area contributed by atoms with Crippen molar-refractivity contribution in [3.8, 4) is 0 Å². The second kappa shape index (κ2) is 7.72. The molecule has 0 unspecified atom stereocenters. The Bertz CT molecular complexity index is 673. The number of amides is 2. The number of aromatic nitrogens is 1. The molecular formula is C18H26N2O6. The molecular weight excluding hydrogens is 340 g/mol. The highest BCUT2D eigenvalue weighted by atomic mass is 16.6. The second-order valence-electron chi connectivity index (χ2n) is 7.65. The number of rotatable bonds is 2. The van der Waals surface area contributed by atoms with E-state index >= 15 is 0 Å². The van der Waals surface area contributed by atoms with Crippen LogP contribution < -0.4 is 4.90 Å². The Balaban J connectivity index is 3.34. The number of hydrogen-bond acceptors (Lipinski definition) is 7. The number of ether oxygens (including phenoxy) is 3. The zero-order chi connectivity index (χ0) is 20.3. The number of hydrogen-bond donors (Lipinski definition) is 0. The summed E-state index contributed by atoms with van der Waals surface area (Å²) in [7, 11) is 1.25. The van der Waals surface area contributed by atoms with E-state index < -0.39 is 29.4 Å². The smallest absolute Gasteiger partial charge is 0.425 e. The van der Waals surface area contributed by atoms with E-state index in [1.165, 1.54) is 19.4 Å². The maximum atomic E-state index is 12.6. The minimum absolute atomic E-state index is 0.0150. The highest BCUT2D eigenvalue weighted by Gasteiger charge is 2.34. The average molecular weight is 366 g/mol. The molecule has 0 fully saturated rings. The SMILES string of the molecule is COC(=O)c1cnc(N(C(=O)OC(C)(C)C)C(=O)OC(C)(C)C)c(C)c1. The Labute approximate surface area is 153 Å². The van der Waals surface area contributed by atoms with Crippen LogP contribution in [0.3, 0.4) is 0 Å². The lowest BCUT2D eigenvalue weighted by molar-refractivity contribution is 0.0428. The Morgan fingerprint density at radius 3 is 1.77 bits per heavy atom. The van der Waals surface area contributed by atoms with Crippen LogP contribution in [0, 0.1) is 6.92 Å². The first-order valence-corrected chi connectivity index (χ1v) is 8.06. The molecule has 0 saturated heterocycles. The van der Waals surface area contributed by atoms with E-state index in [2.05, 4.69) is 9.72 Å². The summed E-state index contributed by atoms with van der Waals surface area (Å²) in [6, 6.07) is 1.47. The van der Waals surface area contributed by atoms with Gasteiger partial charge in [0.2, 0.25) is 0 Å². The summed E-state index contributed by atoms with van der Waals surface area (Å²) < 4.78 is 15.2. The van der Waals surface area contributed by atoms with Gasteiger partial charge in [0, 0.05) is 6.20 Å². The lowest BCUT2D eigenvalue weighted by Crippen LogP contribution is -2.44. The molecule has 0 spiro atoms. The molecule has 2 amide bonds. The molecule has 0 aromatic carbocycles. The summed E-state index contributed by atoms with van der Waals surface area (Å²) in [5.74, 6) is -0.561. The summed E-state index contributed by atoms with van der Waals surface area (Å²) >= 11 is 0. The van der Waals surface area contributed by atoms with Crippen molar-refractivity contribution in [3.05, 3.63) is 23.4 Å². The van der Waals surface area contributed by atoms with Crippen LogP contribution in [0.4, 0.5) is 15.4 Å². The highest BCUT2D eigenvalue weighted by molar-refractivity contribution is 6.09. The first-order valence-electron chi connectivity index (χ1n) is 8.06. The van der Waals surface area contributed by atoms with Crippen LogP contribution in [0.15, 0.2) is 12.3 Å².